The first kappa shape index (κ1) is 16.4. The molecule has 2 aromatic rings. The molecule has 0 aliphatic heterocycles. The van der Waals surface area contributed by atoms with E-state index in [1.807, 2.05) is 44.3 Å². The molecule has 0 saturated heterocycles. The van der Waals surface area contributed by atoms with Crippen molar-refractivity contribution >= 4 is 11.7 Å². The number of nitrogens with one attached hydrogen (secondary N) is 1. The van der Waals surface area contributed by atoms with Crippen molar-refractivity contribution in [3.05, 3.63) is 53.0 Å². The van der Waals surface area contributed by atoms with Gasteiger partial charge in [-0.25, -0.2) is 9.97 Å². The third kappa shape index (κ3) is 4.10. The standard InChI is InChI=1S/C19H24N4O/c1-4-17-20-13(2)11-18(22-17)23(3)12-14-5-7-15(8-6-14)19(24)21-16-9-10-16/h5-8,11,16H,4,9-10,12H2,1-3H3,(H,21,24). The maximum absolute atomic E-state index is 12.0. The zero-order valence-electron chi connectivity index (χ0n) is 14.5. The van der Waals surface area contributed by atoms with Crippen LogP contribution in [0.25, 0.3) is 0 Å². The second kappa shape index (κ2) is 6.99. The Balaban J connectivity index is 1.66. The van der Waals surface area contributed by atoms with Crippen molar-refractivity contribution in [2.45, 2.75) is 45.7 Å². The minimum Gasteiger partial charge on any atom is -0.355 e. The Labute approximate surface area is 143 Å². The van der Waals surface area contributed by atoms with Crippen molar-refractivity contribution in [1.82, 2.24) is 15.3 Å². The molecular weight excluding hydrogens is 300 g/mol. The highest BCUT2D eigenvalue weighted by molar-refractivity contribution is 5.94. The first-order valence-electron chi connectivity index (χ1n) is 8.50. The first-order valence-corrected chi connectivity index (χ1v) is 8.50. The van der Waals surface area contributed by atoms with E-state index in [4.69, 9.17) is 0 Å². The number of hydrogen-bond acceptors (Lipinski definition) is 4. The van der Waals surface area contributed by atoms with Crippen LogP contribution in [0.3, 0.4) is 0 Å². The van der Waals surface area contributed by atoms with Crippen LogP contribution in [0.1, 0.15) is 47.2 Å². The van der Waals surface area contributed by atoms with E-state index < -0.39 is 0 Å². The molecule has 126 valence electrons. The molecule has 1 fully saturated rings. The van der Waals surface area contributed by atoms with Crippen LogP contribution in [0.4, 0.5) is 5.82 Å². The number of hydrogen-bond donors (Lipinski definition) is 1. The smallest absolute Gasteiger partial charge is 0.251 e. The zero-order valence-corrected chi connectivity index (χ0v) is 14.5. The van der Waals surface area contributed by atoms with Gasteiger partial charge in [0, 0.05) is 43.4 Å². The van der Waals surface area contributed by atoms with Crippen LogP contribution in [0.5, 0.6) is 0 Å². The van der Waals surface area contributed by atoms with Gasteiger partial charge >= 0.3 is 0 Å². The molecule has 1 aliphatic carbocycles. The van der Waals surface area contributed by atoms with Gasteiger partial charge in [0.25, 0.3) is 5.91 Å². The predicted octanol–water partition coefficient (Wildman–Crippen LogP) is 2.88. The van der Waals surface area contributed by atoms with E-state index >= 15 is 0 Å². The Kier molecular flexibility index (Phi) is 4.79. The van der Waals surface area contributed by atoms with Crippen LogP contribution >= 0.6 is 0 Å². The maximum Gasteiger partial charge on any atom is 0.251 e. The van der Waals surface area contributed by atoms with E-state index in [0.29, 0.717) is 6.04 Å². The van der Waals surface area contributed by atoms with Gasteiger partial charge in [0.05, 0.1) is 0 Å². The molecular formula is C19H24N4O. The van der Waals surface area contributed by atoms with E-state index in [9.17, 15) is 4.79 Å². The monoisotopic (exact) mass is 324 g/mol. The average Bonchev–Trinajstić information content (AvgIpc) is 3.38. The lowest BCUT2D eigenvalue weighted by Gasteiger charge is -2.19. The highest BCUT2D eigenvalue weighted by atomic mass is 16.1. The second-order valence-electron chi connectivity index (χ2n) is 6.44. The van der Waals surface area contributed by atoms with Crippen LogP contribution in [0, 0.1) is 6.92 Å². The van der Waals surface area contributed by atoms with E-state index in [0.717, 1.165) is 54.3 Å². The summed E-state index contributed by atoms with van der Waals surface area (Å²) in [5, 5.41) is 3.01. The van der Waals surface area contributed by atoms with Gasteiger partial charge in [-0.1, -0.05) is 19.1 Å². The molecule has 1 amide bonds. The van der Waals surface area contributed by atoms with Gasteiger partial charge in [-0.05, 0) is 37.5 Å². The van der Waals surface area contributed by atoms with Crippen LogP contribution in [0.15, 0.2) is 30.3 Å². The van der Waals surface area contributed by atoms with Gasteiger partial charge in [0.1, 0.15) is 11.6 Å². The Morgan fingerprint density at radius 3 is 2.58 bits per heavy atom. The van der Waals surface area contributed by atoms with Crippen LogP contribution in [0.2, 0.25) is 0 Å². The number of anilines is 1. The van der Waals surface area contributed by atoms with Crippen molar-refractivity contribution in [2.75, 3.05) is 11.9 Å². The number of aromatic nitrogens is 2. The molecule has 1 aromatic carbocycles. The number of aryl methyl sites for hydroxylation is 2. The number of rotatable bonds is 6. The molecule has 5 nitrogen and oxygen atoms in total. The van der Waals surface area contributed by atoms with Crippen molar-refractivity contribution in [1.29, 1.82) is 0 Å². The van der Waals surface area contributed by atoms with Crippen molar-refractivity contribution in [3.8, 4) is 0 Å². The largest absolute Gasteiger partial charge is 0.355 e. The average molecular weight is 324 g/mol. The summed E-state index contributed by atoms with van der Waals surface area (Å²) in [7, 11) is 2.02. The summed E-state index contributed by atoms with van der Waals surface area (Å²) in [5.74, 6) is 1.82. The minimum atomic E-state index is 0.0245. The highest BCUT2D eigenvalue weighted by Crippen LogP contribution is 2.20. The van der Waals surface area contributed by atoms with Gasteiger partial charge < -0.3 is 10.2 Å². The summed E-state index contributed by atoms with van der Waals surface area (Å²) >= 11 is 0. The summed E-state index contributed by atoms with van der Waals surface area (Å²) in [4.78, 5) is 23.1. The summed E-state index contributed by atoms with van der Waals surface area (Å²) < 4.78 is 0. The van der Waals surface area contributed by atoms with Crippen LogP contribution in [-0.4, -0.2) is 29.0 Å². The fraction of sp³-hybridized carbons (Fsp3) is 0.421. The summed E-state index contributed by atoms with van der Waals surface area (Å²) in [6.45, 7) is 4.79. The molecule has 0 atom stereocenters. The van der Waals surface area contributed by atoms with Crippen LogP contribution < -0.4 is 10.2 Å². The minimum absolute atomic E-state index is 0.0245. The van der Waals surface area contributed by atoms with Gasteiger partial charge in [0.15, 0.2) is 0 Å². The van der Waals surface area contributed by atoms with Crippen molar-refractivity contribution < 1.29 is 4.79 Å². The SMILES string of the molecule is CCc1nc(C)cc(N(C)Cc2ccc(C(=O)NC3CC3)cc2)n1. The van der Waals surface area contributed by atoms with Gasteiger partial charge in [-0.2, -0.15) is 0 Å². The van der Waals surface area contributed by atoms with E-state index in [1.54, 1.807) is 0 Å². The molecule has 1 saturated carbocycles. The number of benzene rings is 1. The highest BCUT2D eigenvalue weighted by Gasteiger charge is 2.23. The molecule has 0 radical (unpaired) electrons. The van der Waals surface area contributed by atoms with Gasteiger partial charge in [-0.15, -0.1) is 0 Å². The molecule has 1 heterocycles. The Bertz CT molecular complexity index is 723. The fourth-order valence-corrected chi connectivity index (χ4v) is 2.58. The molecule has 0 spiro atoms. The lowest BCUT2D eigenvalue weighted by atomic mass is 10.1. The molecule has 1 N–H and O–H groups in total. The van der Waals surface area contributed by atoms with E-state index in [-0.39, 0.29) is 5.91 Å². The molecule has 3 rings (SSSR count). The lowest BCUT2D eigenvalue weighted by Crippen LogP contribution is -2.25. The lowest BCUT2D eigenvalue weighted by molar-refractivity contribution is 0.0951. The second-order valence-corrected chi connectivity index (χ2v) is 6.44. The number of carbonyl (C=O) groups is 1. The van der Waals surface area contributed by atoms with Crippen molar-refractivity contribution in [2.24, 2.45) is 0 Å². The zero-order chi connectivity index (χ0) is 17.1. The molecule has 24 heavy (non-hydrogen) atoms. The summed E-state index contributed by atoms with van der Waals surface area (Å²) in [6.07, 6.45) is 3.03. The summed E-state index contributed by atoms with van der Waals surface area (Å²) in [6, 6.07) is 10.2. The van der Waals surface area contributed by atoms with Crippen LogP contribution in [-0.2, 0) is 13.0 Å². The number of carbonyl (C=O) groups excluding carboxylic acids is 1. The topological polar surface area (TPSA) is 58.1 Å². The Morgan fingerprint density at radius 2 is 1.96 bits per heavy atom. The van der Waals surface area contributed by atoms with Crippen molar-refractivity contribution in [3.63, 3.8) is 0 Å². The predicted molar refractivity (Wildman–Crippen MR) is 95.2 cm³/mol. The molecule has 1 aliphatic rings. The number of amides is 1. The first-order chi connectivity index (χ1) is 11.5. The fourth-order valence-electron chi connectivity index (χ4n) is 2.58. The molecule has 0 bridgehead atoms. The summed E-state index contributed by atoms with van der Waals surface area (Å²) in [5.41, 5.74) is 2.85. The van der Waals surface area contributed by atoms with E-state index in [2.05, 4.69) is 27.1 Å². The third-order valence-corrected chi connectivity index (χ3v) is 4.14. The quantitative estimate of drug-likeness (QED) is 0.888. The van der Waals surface area contributed by atoms with Gasteiger partial charge in [-0.3, -0.25) is 4.79 Å². The normalized spacial score (nSPS) is 13.6. The van der Waals surface area contributed by atoms with E-state index in [1.165, 1.54) is 0 Å². The molecule has 1 aromatic heterocycles. The number of nitrogens with zero attached hydrogens (tertiary/aromatic N) is 3. The Morgan fingerprint density at radius 1 is 1.25 bits per heavy atom. The maximum atomic E-state index is 12.0. The molecule has 0 unspecified atom stereocenters. The van der Waals surface area contributed by atoms with Gasteiger partial charge in [0.2, 0.25) is 0 Å². The Hall–Kier alpha value is -2.43. The third-order valence-electron chi connectivity index (χ3n) is 4.14. The molecule has 5 heteroatoms.